The molecule has 0 aliphatic carbocycles. The van der Waals surface area contributed by atoms with Crippen molar-refractivity contribution in [3.63, 3.8) is 0 Å². The number of nitrogens with one attached hydrogen (secondary N) is 2. The van der Waals surface area contributed by atoms with Crippen LogP contribution in [0.2, 0.25) is 0 Å². The van der Waals surface area contributed by atoms with Gasteiger partial charge in [0.25, 0.3) is 15.9 Å². The zero-order chi connectivity index (χ0) is 27.2. The molecule has 0 spiro atoms. The van der Waals surface area contributed by atoms with Crippen molar-refractivity contribution < 1.29 is 17.9 Å². The Hall–Kier alpha value is -4.74. The number of carbonyl (C=O) groups excluding carboxylic acids is 1. The lowest BCUT2D eigenvalue weighted by Crippen LogP contribution is -2.19. The highest BCUT2D eigenvalue weighted by molar-refractivity contribution is 7.92. The average Bonchev–Trinajstić information content (AvgIpc) is 3.64. The van der Waals surface area contributed by atoms with Crippen LogP contribution >= 0.6 is 11.3 Å². The van der Waals surface area contributed by atoms with Crippen LogP contribution in [-0.4, -0.2) is 37.4 Å². The summed E-state index contributed by atoms with van der Waals surface area (Å²) in [6, 6.07) is 25.8. The van der Waals surface area contributed by atoms with Gasteiger partial charge in [0.2, 0.25) is 0 Å². The number of hydrogen-bond acceptors (Lipinski definition) is 7. The number of aromatic nitrogens is 2. The van der Waals surface area contributed by atoms with Crippen LogP contribution in [0, 0.1) is 0 Å². The number of para-hydroxylation sites is 1. The summed E-state index contributed by atoms with van der Waals surface area (Å²) >= 11 is 1.55. The molecule has 0 unspecified atom stereocenters. The number of nitrogens with zero attached hydrogens (tertiary/aromatic N) is 3. The minimum atomic E-state index is -3.93. The largest absolute Gasteiger partial charge is 0.497 e. The second-order valence-corrected chi connectivity index (χ2v) is 10.9. The molecule has 39 heavy (non-hydrogen) atoms. The molecule has 0 atom stereocenters. The number of sulfonamides is 1. The highest BCUT2D eigenvalue weighted by atomic mass is 32.2. The van der Waals surface area contributed by atoms with Crippen LogP contribution in [0.4, 0.5) is 5.69 Å². The maximum absolute atomic E-state index is 12.9. The number of hydrogen-bond donors (Lipinski definition) is 2. The number of amides is 1. The number of benzene rings is 3. The van der Waals surface area contributed by atoms with Crippen molar-refractivity contribution in [2.75, 3.05) is 11.8 Å². The summed E-state index contributed by atoms with van der Waals surface area (Å²) < 4.78 is 35.1. The number of carbonyl (C=O) groups is 1. The van der Waals surface area contributed by atoms with E-state index >= 15 is 0 Å². The van der Waals surface area contributed by atoms with E-state index in [1.54, 1.807) is 40.3 Å². The number of ether oxygens (including phenoxy) is 1. The first-order valence-corrected chi connectivity index (χ1v) is 14.1. The molecule has 0 aliphatic heterocycles. The lowest BCUT2D eigenvalue weighted by atomic mass is 10.2. The van der Waals surface area contributed by atoms with Gasteiger partial charge in [0.15, 0.2) is 0 Å². The summed E-state index contributed by atoms with van der Waals surface area (Å²) in [6.45, 7) is 0. The average molecular weight is 558 g/mol. The zero-order valence-corrected chi connectivity index (χ0v) is 22.3. The predicted molar refractivity (Wildman–Crippen MR) is 152 cm³/mol. The first-order valence-electron chi connectivity index (χ1n) is 11.7. The standard InChI is InChI=1S/C28H23N5O4S2/c1-37-24-14-12-22(13-15-24)32-39(35,36)25-10-5-7-20(17-25)28(34)30-29-18-21-19-33(23-8-3-2-4-9-23)31-27(21)26-11-6-16-38-26/h2-19,32H,1H3,(H,30,34)/b29-18+. The van der Waals surface area contributed by atoms with Crippen LogP contribution in [0.25, 0.3) is 16.3 Å². The molecule has 0 bridgehead atoms. The minimum Gasteiger partial charge on any atom is -0.497 e. The molecular weight excluding hydrogens is 534 g/mol. The third-order valence-corrected chi connectivity index (χ3v) is 7.89. The zero-order valence-electron chi connectivity index (χ0n) is 20.7. The minimum absolute atomic E-state index is 0.0564. The molecule has 196 valence electrons. The fraction of sp³-hybridized carbons (Fsp3) is 0.0357. The van der Waals surface area contributed by atoms with Gasteiger partial charge in [0, 0.05) is 23.0 Å². The van der Waals surface area contributed by atoms with E-state index in [9.17, 15) is 13.2 Å². The molecule has 5 rings (SSSR count). The third kappa shape index (κ3) is 6.06. The number of methoxy groups -OCH3 is 1. The molecule has 9 nitrogen and oxygen atoms in total. The first kappa shape index (κ1) is 25.9. The monoisotopic (exact) mass is 557 g/mol. The Bertz CT molecular complexity index is 1710. The van der Waals surface area contributed by atoms with Gasteiger partial charge in [-0.05, 0) is 66.0 Å². The second-order valence-electron chi connectivity index (χ2n) is 8.25. The summed E-state index contributed by atoms with van der Waals surface area (Å²) in [5, 5.41) is 10.8. The van der Waals surface area contributed by atoms with Gasteiger partial charge in [-0.15, -0.1) is 11.3 Å². The fourth-order valence-corrected chi connectivity index (χ4v) is 5.54. The van der Waals surface area contributed by atoms with E-state index in [1.807, 2.05) is 54.0 Å². The number of hydrazone groups is 1. The van der Waals surface area contributed by atoms with E-state index in [-0.39, 0.29) is 10.5 Å². The van der Waals surface area contributed by atoms with Crippen LogP contribution in [0.1, 0.15) is 15.9 Å². The lowest BCUT2D eigenvalue weighted by molar-refractivity contribution is 0.0955. The van der Waals surface area contributed by atoms with Crippen molar-refractivity contribution >= 4 is 39.2 Å². The SMILES string of the molecule is COc1ccc(NS(=O)(=O)c2cccc(C(=O)N/N=C/c3cn(-c4ccccc4)nc3-c3cccs3)c2)cc1. The van der Waals surface area contributed by atoms with Crippen molar-refractivity contribution in [1.29, 1.82) is 0 Å². The van der Waals surface area contributed by atoms with Crippen molar-refractivity contribution in [1.82, 2.24) is 15.2 Å². The molecule has 2 aromatic heterocycles. The Balaban J connectivity index is 1.32. The highest BCUT2D eigenvalue weighted by Crippen LogP contribution is 2.27. The third-order valence-electron chi connectivity index (χ3n) is 5.64. The van der Waals surface area contributed by atoms with Crippen molar-refractivity contribution in [2.24, 2.45) is 5.10 Å². The van der Waals surface area contributed by atoms with Crippen LogP contribution in [0.3, 0.4) is 0 Å². The molecule has 0 fully saturated rings. The Kier molecular flexibility index (Phi) is 7.53. The van der Waals surface area contributed by atoms with Crippen LogP contribution < -0.4 is 14.9 Å². The number of rotatable bonds is 9. The summed E-state index contributed by atoms with van der Waals surface area (Å²) in [7, 11) is -2.40. The quantitative estimate of drug-likeness (QED) is 0.192. The topological polar surface area (TPSA) is 115 Å². The van der Waals surface area contributed by atoms with Gasteiger partial charge in [-0.2, -0.15) is 10.2 Å². The molecule has 3 aromatic carbocycles. The summed E-state index contributed by atoms with van der Waals surface area (Å²) in [5.41, 5.74) is 5.31. The van der Waals surface area contributed by atoms with E-state index in [0.29, 0.717) is 17.0 Å². The maximum Gasteiger partial charge on any atom is 0.271 e. The van der Waals surface area contributed by atoms with E-state index in [0.717, 1.165) is 16.3 Å². The van der Waals surface area contributed by atoms with Gasteiger partial charge >= 0.3 is 0 Å². The molecule has 2 heterocycles. The van der Waals surface area contributed by atoms with Crippen LogP contribution in [-0.2, 0) is 10.0 Å². The van der Waals surface area contributed by atoms with Gasteiger partial charge in [0.1, 0.15) is 11.4 Å². The van der Waals surface area contributed by atoms with E-state index < -0.39 is 15.9 Å². The van der Waals surface area contributed by atoms with E-state index in [2.05, 4.69) is 15.2 Å². The Labute approximate surface area is 229 Å². The predicted octanol–water partition coefficient (Wildman–Crippen LogP) is 5.17. The summed E-state index contributed by atoms with van der Waals surface area (Å²) in [5.74, 6) is 0.0490. The summed E-state index contributed by atoms with van der Waals surface area (Å²) in [4.78, 5) is 13.7. The normalized spacial score (nSPS) is 11.4. The second kappa shape index (κ2) is 11.3. The van der Waals surface area contributed by atoms with Crippen LogP contribution in [0.5, 0.6) is 5.75 Å². The Morgan fingerprint density at radius 3 is 2.51 bits per heavy atom. The fourth-order valence-electron chi connectivity index (χ4n) is 3.70. The molecule has 5 aromatic rings. The van der Waals surface area contributed by atoms with Gasteiger partial charge in [0.05, 0.1) is 28.8 Å². The summed E-state index contributed by atoms with van der Waals surface area (Å²) in [6.07, 6.45) is 3.35. The van der Waals surface area contributed by atoms with Gasteiger partial charge in [-0.3, -0.25) is 9.52 Å². The van der Waals surface area contributed by atoms with E-state index in [1.165, 1.54) is 37.6 Å². The highest BCUT2D eigenvalue weighted by Gasteiger charge is 2.17. The van der Waals surface area contributed by atoms with Crippen LogP contribution in [0.15, 0.2) is 113 Å². The molecule has 1 amide bonds. The number of thiophene rings is 1. The molecule has 11 heteroatoms. The lowest BCUT2D eigenvalue weighted by Gasteiger charge is -2.09. The maximum atomic E-state index is 12.9. The first-order chi connectivity index (χ1) is 18.9. The number of anilines is 1. The van der Waals surface area contributed by atoms with Gasteiger partial charge < -0.3 is 4.74 Å². The Morgan fingerprint density at radius 2 is 1.79 bits per heavy atom. The van der Waals surface area contributed by atoms with Crippen molar-refractivity contribution in [3.8, 4) is 22.0 Å². The van der Waals surface area contributed by atoms with Crippen molar-refractivity contribution in [3.05, 3.63) is 114 Å². The molecule has 0 saturated heterocycles. The molecule has 2 N–H and O–H groups in total. The molecule has 0 aliphatic rings. The Morgan fingerprint density at radius 1 is 1.00 bits per heavy atom. The van der Waals surface area contributed by atoms with Gasteiger partial charge in [-0.1, -0.05) is 30.3 Å². The van der Waals surface area contributed by atoms with E-state index in [4.69, 9.17) is 9.84 Å². The van der Waals surface area contributed by atoms with Crippen molar-refractivity contribution in [2.45, 2.75) is 4.90 Å². The molecule has 0 saturated carbocycles. The molecular formula is C28H23N5O4S2. The smallest absolute Gasteiger partial charge is 0.271 e. The van der Waals surface area contributed by atoms with Gasteiger partial charge in [-0.25, -0.2) is 18.5 Å². The molecule has 0 radical (unpaired) electrons.